The van der Waals surface area contributed by atoms with Gasteiger partial charge in [0.15, 0.2) is 6.10 Å². The molecule has 0 bridgehead atoms. The number of nitrogens with one attached hydrogen (secondary N) is 1. The number of carbonyl (C=O) groups is 2. The third-order valence-electron chi connectivity index (χ3n) is 3.95. The number of anilines is 1. The third kappa shape index (κ3) is 3.77. The topological polar surface area (TPSA) is 58.6 Å². The summed E-state index contributed by atoms with van der Waals surface area (Å²) >= 11 is 5.90. The molecule has 0 radical (unpaired) electrons. The zero-order valence-electron chi connectivity index (χ0n) is 13.9. The van der Waals surface area contributed by atoms with Gasteiger partial charge in [0.2, 0.25) is 0 Å². The van der Waals surface area contributed by atoms with Gasteiger partial charge in [0, 0.05) is 17.1 Å². The average molecular weight is 359 g/mol. The molecule has 0 aromatic heterocycles. The van der Waals surface area contributed by atoms with Crippen molar-refractivity contribution in [2.45, 2.75) is 19.4 Å². The van der Waals surface area contributed by atoms with Crippen LogP contribution < -0.4 is 15.0 Å². The van der Waals surface area contributed by atoms with Gasteiger partial charge in [-0.15, -0.1) is 0 Å². The number of nitrogens with zero attached hydrogens (tertiary/aromatic N) is 1. The van der Waals surface area contributed by atoms with Gasteiger partial charge in [-0.25, -0.2) is 0 Å². The van der Waals surface area contributed by atoms with Crippen molar-refractivity contribution in [2.24, 2.45) is 0 Å². The van der Waals surface area contributed by atoms with Gasteiger partial charge in [-0.3, -0.25) is 9.59 Å². The first kappa shape index (κ1) is 17.3. The van der Waals surface area contributed by atoms with Crippen LogP contribution in [0, 0.1) is 0 Å². The molecule has 1 N–H and O–H groups in total. The zero-order valence-corrected chi connectivity index (χ0v) is 14.6. The van der Waals surface area contributed by atoms with E-state index in [0.29, 0.717) is 28.6 Å². The predicted molar refractivity (Wildman–Crippen MR) is 97.3 cm³/mol. The second-order valence-electron chi connectivity index (χ2n) is 5.79. The van der Waals surface area contributed by atoms with Crippen molar-refractivity contribution in [1.82, 2.24) is 5.32 Å². The highest BCUT2D eigenvalue weighted by molar-refractivity contribution is 6.30. The molecule has 0 aliphatic carbocycles. The molecular formula is C19H19ClN2O3. The lowest BCUT2D eigenvalue weighted by Gasteiger charge is -2.34. The first-order valence-electron chi connectivity index (χ1n) is 8.21. The Hall–Kier alpha value is -2.53. The fourth-order valence-corrected chi connectivity index (χ4v) is 2.80. The number of benzene rings is 2. The number of ether oxygens (including phenoxy) is 1. The summed E-state index contributed by atoms with van der Waals surface area (Å²) in [5.74, 6) is 0.110. The van der Waals surface area contributed by atoms with Crippen molar-refractivity contribution in [3.63, 3.8) is 0 Å². The smallest absolute Gasteiger partial charge is 0.262 e. The number of fused-ring (bicyclic) bond motifs is 1. The molecule has 0 unspecified atom stereocenters. The van der Waals surface area contributed by atoms with Gasteiger partial charge in [0.05, 0.1) is 12.2 Å². The molecule has 2 aromatic rings. The number of halogens is 1. The number of hydrogen-bond donors (Lipinski definition) is 1. The summed E-state index contributed by atoms with van der Waals surface area (Å²) in [6.07, 6.45) is 0.0975. The van der Waals surface area contributed by atoms with Gasteiger partial charge in [0.25, 0.3) is 11.8 Å². The quantitative estimate of drug-likeness (QED) is 0.912. The molecule has 2 amide bonds. The summed E-state index contributed by atoms with van der Waals surface area (Å²) in [5, 5.41) is 3.39. The van der Waals surface area contributed by atoms with Crippen molar-refractivity contribution in [2.75, 3.05) is 18.0 Å². The molecule has 5 nitrogen and oxygen atoms in total. The molecule has 0 spiro atoms. The Labute approximate surface area is 151 Å². The average Bonchev–Trinajstić information content (AvgIpc) is 2.65. The molecule has 3 rings (SSSR count). The van der Waals surface area contributed by atoms with E-state index in [2.05, 4.69) is 5.32 Å². The largest absolute Gasteiger partial charge is 0.477 e. The van der Waals surface area contributed by atoms with Crippen LogP contribution in [0.2, 0.25) is 5.02 Å². The molecule has 1 aliphatic rings. The standard InChI is InChI=1S/C19H19ClN2O3/c1-2-11-21-18(23)17-12-22(15-5-3-4-6-16(15)25-17)19(24)13-7-9-14(20)10-8-13/h3-10,17H,2,11-12H2,1H3,(H,21,23)/t17-/m0/s1. The molecule has 0 saturated heterocycles. The molecule has 1 aliphatic heterocycles. The predicted octanol–water partition coefficient (Wildman–Crippen LogP) is 3.27. The lowest BCUT2D eigenvalue weighted by atomic mass is 10.1. The Balaban J connectivity index is 1.89. The highest BCUT2D eigenvalue weighted by Crippen LogP contribution is 2.34. The maximum Gasteiger partial charge on any atom is 0.262 e. The fourth-order valence-electron chi connectivity index (χ4n) is 2.67. The van der Waals surface area contributed by atoms with Gasteiger partial charge in [-0.2, -0.15) is 0 Å². The van der Waals surface area contributed by atoms with Gasteiger partial charge in [0.1, 0.15) is 5.75 Å². The third-order valence-corrected chi connectivity index (χ3v) is 4.20. The van der Waals surface area contributed by atoms with Crippen LogP contribution in [-0.4, -0.2) is 31.0 Å². The molecule has 25 heavy (non-hydrogen) atoms. The van der Waals surface area contributed by atoms with Crippen LogP contribution in [0.1, 0.15) is 23.7 Å². The van der Waals surface area contributed by atoms with Gasteiger partial charge < -0.3 is 15.0 Å². The van der Waals surface area contributed by atoms with E-state index in [0.717, 1.165) is 6.42 Å². The van der Waals surface area contributed by atoms with Crippen molar-refractivity contribution in [1.29, 1.82) is 0 Å². The summed E-state index contributed by atoms with van der Waals surface area (Å²) in [7, 11) is 0. The summed E-state index contributed by atoms with van der Waals surface area (Å²) in [6.45, 7) is 2.72. The summed E-state index contributed by atoms with van der Waals surface area (Å²) in [5.41, 5.74) is 1.16. The minimum atomic E-state index is -0.738. The number of amides is 2. The molecule has 1 heterocycles. The number of para-hydroxylation sites is 2. The maximum absolute atomic E-state index is 13.0. The van der Waals surface area contributed by atoms with Crippen LogP contribution in [0.25, 0.3) is 0 Å². The van der Waals surface area contributed by atoms with Crippen molar-refractivity contribution < 1.29 is 14.3 Å². The van der Waals surface area contributed by atoms with Crippen LogP contribution >= 0.6 is 11.6 Å². The number of carbonyl (C=O) groups excluding carboxylic acids is 2. The van der Waals surface area contributed by atoms with Crippen molar-refractivity contribution >= 4 is 29.1 Å². The fraction of sp³-hybridized carbons (Fsp3) is 0.263. The van der Waals surface area contributed by atoms with Crippen molar-refractivity contribution in [3.8, 4) is 5.75 Å². The molecular weight excluding hydrogens is 340 g/mol. The van der Waals surface area contributed by atoms with Crippen molar-refractivity contribution in [3.05, 3.63) is 59.1 Å². The van der Waals surface area contributed by atoms with Crippen LogP contribution in [0.5, 0.6) is 5.75 Å². The Morgan fingerprint density at radius 3 is 2.64 bits per heavy atom. The highest BCUT2D eigenvalue weighted by atomic mass is 35.5. The van der Waals surface area contributed by atoms with E-state index in [-0.39, 0.29) is 18.4 Å². The lowest BCUT2D eigenvalue weighted by molar-refractivity contribution is -0.127. The highest BCUT2D eigenvalue weighted by Gasteiger charge is 2.33. The van der Waals surface area contributed by atoms with E-state index >= 15 is 0 Å². The van der Waals surface area contributed by atoms with E-state index in [1.165, 1.54) is 0 Å². The monoisotopic (exact) mass is 358 g/mol. The van der Waals surface area contributed by atoms with Crippen LogP contribution in [0.4, 0.5) is 5.69 Å². The number of hydrogen-bond acceptors (Lipinski definition) is 3. The molecule has 130 valence electrons. The summed E-state index contributed by atoms with van der Waals surface area (Å²) in [4.78, 5) is 26.9. The van der Waals surface area contributed by atoms with Crippen LogP contribution in [0.3, 0.4) is 0 Å². The SMILES string of the molecule is CCCNC(=O)[C@@H]1CN(C(=O)c2ccc(Cl)cc2)c2ccccc2O1. The van der Waals surface area contributed by atoms with Crippen LogP contribution in [0.15, 0.2) is 48.5 Å². The minimum absolute atomic E-state index is 0.161. The molecule has 6 heteroatoms. The Kier molecular flexibility index (Phi) is 5.24. The van der Waals surface area contributed by atoms with E-state index in [4.69, 9.17) is 16.3 Å². The lowest BCUT2D eigenvalue weighted by Crippen LogP contribution is -2.50. The maximum atomic E-state index is 13.0. The molecule has 0 fully saturated rings. The zero-order chi connectivity index (χ0) is 17.8. The van der Waals surface area contributed by atoms with Gasteiger partial charge in [-0.05, 0) is 42.8 Å². The Morgan fingerprint density at radius 2 is 1.92 bits per heavy atom. The summed E-state index contributed by atoms with van der Waals surface area (Å²) < 4.78 is 5.80. The first-order chi connectivity index (χ1) is 12.1. The molecule has 1 atom stereocenters. The van der Waals surface area contributed by atoms with Gasteiger partial charge >= 0.3 is 0 Å². The van der Waals surface area contributed by atoms with E-state index in [1.54, 1.807) is 35.2 Å². The Bertz CT molecular complexity index is 776. The second-order valence-corrected chi connectivity index (χ2v) is 6.22. The second kappa shape index (κ2) is 7.57. The summed E-state index contributed by atoms with van der Waals surface area (Å²) in [6, 6.07) is 13.9. The Morgan fingerprint density at radius 1 is 1.20 bits per heavy atom. The van der Waals surface area contributed by atoms with Crippen LogP contribution in [-0.2, 0) is 4.79 Å². The molecule has 2 aromatic carbocycles. The minimum Gasteiger partial charge on any atom is -0.477 e. The van der Waals surface area contributed by atoms with Gasteiger partial charge in [-0.1, -0.05) is 30.7 Å². The number of rotatable bonds is 4. The van der Waals surface area contributed by atoms with E-state index in [9.17, 15) is 9.59 Å². The van der Waals surface area contributed by atoms with E-state index < -0.39 is 6.10 Å². The van der Waals surface area contributed by atoms with E-state index in [1.807, 2.05) is 25.1 Å². The molecule has 0 saturated carbocycles. The normalized spacial score (nSPS) is 15.9. The first-order valence-corrected chi connectivity index (χ1v) is 8.58.